The van der Waals surface area contributed by atoms with E-state index in [4.69, 9.17) is 4.74 Å². The van der Waals surface area contributed by atoms with Crippen molar-refractivity contribution in [3.63, 3.8) is 0 Å². The molecule has 1 fully saturated rings. The van der Waals surface area contributed by atoms with E-state index >= 15 is 0 Å². The van der Waals surface area contributed by atoms with Crippen molar-refractivity contribution >= 4 is 10.0 Å². The van der Waals surface area contributed by atoms with Crippen LogP contribution in [0.1, 0.15) is 24.0 Å². The molecule has 1 aromatic carbocycles. The van der Waals surface area contributed by atoms with Gasteiger partial charge in [0.25, 0.3) is 0 Å². The van der Waals surface area contributed by atoms with Gasteiger partial charge in [0.1, 0.15) is 5.82 Å². The Bertz CT molecular complexity index is 573. The normalized spacial score (nSPS) is 15.8. The first-order valence-corrected chi connectivity index (χ1v) is 8.09. The third-order valence-electron chi connectivity index (χ3n) is 3.46. The minimum atomic E-state index is -3.60. The summed E-state index contributed by atoms with van der Waals surface area (Å²) in [5.41, 5.74) is 0.899. The predicted molar refractivity (Wildman–Crippen MR) is 74.7 cm³/mol. The van der Waals surface area contributed by atoms with E-state index < -0.39 is 15.8 Å². The highest BCUT2D eigenvalue weighted by atomic mass is 32.2. The monoisotopic (exact) mass is 301 g/mol. The van der Waals surface area contributed by atoms with Crippen LogP contribution in [0.4, 0.5) is 4.39 Å². The van der Waals surface area contributed by atoms with Gasteiger partial charge < -0.3 is 4.74 Å². The van der Waals surface area contributed by atoms with Gasteiger partial charge in [0.05, 0.1) is 11.5 Å². The maximum Gasteiger partial charge on any atom is 0.243 e. The zero-order valence-corrected chi connectivity index (χ0v) is 12.8. The number of hydrogen-bond donors (Lipinski definition) is 0. The molecule has 0 amide bonds. The Balaban J connectivity index is 2.42. The molecular formula is C14H20FNO3S. The van der Waals surface area contributed by atoms with Crippen LogP contribution in [0, 0.1) is 19.7 Å². The molecule has 112 valence electrons. The smallest absolute Gasteiger partial charge is 0.243 e. The van der Waals surface area contributed by atoms with Crippen molar-refractivity contribution in [2.75, 3.05) is 20.3 Å². The minimum absolute atomic E-state index is 0.0546. The zero-order chi connectivity index (χ0) is 14.9. The molecule has 1 aliphatic rings. The van der Waals surface area contributed by atoms with Gasteiger partial charge >= 0.3 is 0 Å². The Morgan fingerprint density at radius 1 is 1.30 bits per heavy atom. The molecule has 0 heterocycles. The number of ether oxygens (including phenoxy) is 1. The molecule has 0 N–H and O–H groups in total. The van der Waals surface area contributed by atoms with E-state index in [0.29, 0.717) is 24.3 Å². The molecule has 6 heteroatoms. The van der Waals surface area contributed by atoms with Gasteiger partial charge in [-0.25, -0.2) is 12.8 Å². The van der Waals surface area contributed by atoms with E-state index in [1.807, 2.05) is 0 Å². The van der Waals surface area contributed by atoms with Gasteiger partial charge in [0.2, 0.25) is 10.0 Å². The number of rotatable bonds is 6. The van der Waals surface area contributed by atoms with Crippen molar-refractivity contribution in [2.24, 2.45) is 0 Å². The van der Waals surface area contributed by atoms with Crippen LogP contribution < -0.4 is 0 Å². The lowest BCUT2D eigenvalue weighted by molar-refractivity contribution is 0.177. The highest BCUT2D eigenvalue weighted by Gasteiger charge is 2.39. The van der Waals surface area contributed by atoms with Crippen molar-refractivity contribution in [3.8, 4) is 0 Å². The molecule has 1 aromatic rings. The Labute approximate surface area is 119 Å². The average molecular weight is 301 g/mol. The molecule has 20 heavy (non-hydrogen) atoms. The average Bonchev–Trinajstić information content (AvgIpc) is 3.11. The molecule has 0 spiro atoms. The summed E-state index contributed by atoms with van der Waals surface area (Å²) in [4.78, 5) is 0.224. The first-order chi connectivity index (χ1) is 9.37. The van der Waals surface area contributed by atoms with Gasteiger partial charge in [0.15, 0.2) is 0 Å². The highest BCUT2D eigenvalue weighted by molar-refractivity contribution is 7.89. The standard InChI is InChI=1S/C14H20FNO3S/c1-10-8-12(15)9-11(2)14(10)20(17,18)16(6-7-19-3)13-4-5-13/h8-9,13H,4-7H2,1-3H3. The fourth-order valence-electron chi connectivity index (χ4n) is 2.46. The largest absolute Gasteiger partial charge is 0.383 e. The maximum atomic E-state index is 13.3. The summed E-state index contributed by atoms with van der Waals surface area (Å²) in [5.74, 6) is -0.409. The first-order valence-electron chi connectivity index (χ1n) is 6.65. The molecule has 0 radical (unpaired) electrons. The Morgan fingerprint density at radius 2 is 1.85 bits per heavy atom. The van der Waals surface area contributed by atoms with E-state index in [9.17, 15) is 12.8 Å². The summed E-state index contributed by atoms with van der Waals surface area (Å²) in [6.45, 7) is 3.95. The second-order valence-corrected chi connectivity index (χ2v) is 7.04. The van der Waals surface area contributed by atoms with Crippen LogP contribution in [0.15, 0.2) is 17.0 Å². The summed E-state index contributed by atoms with van der Waals surface area (Å²) in [6.07, 6.45) is 1.75. The van der Waals surface area contributed by atoms with E-state index in [-0.39, 0.29) is 10.9 Å². The minimum Gasteiger partial charge on any atom is -0.383 e. The SMILES string of the molecule is COCCN(C1CC1)S(=O)(=O)c1c(C)cc(F)cc1C. The molecule has 0 aliphatic heterocycles. The summed E-state index contributed by atoms with van der Waals surface area (Å²) in [6, 6.07) is 2.58. The Morgan fingerprint density at radius 3 is 2.30 bits per heavy atom. The van der Waals surface area contributed by atoms with E-state index in [1.54, 1.807) is 21.0 Å². The number of benzene rings is 1. The Hall–Kier alpha value is -0.980. The van der Waals surface area contributed by atoms with Crippen molar-refractivity contribution in [1.29, 1.82) is 0 Å². The van der Waals surface area contributed by atoms with Crippen LogP contribution in [-0.4, -0.2) is 39.0 Å². The van der Waals surface area contributed by atoms with Crippen LogP contribution in [-0.2, 0) is 14.8 Å². The summed E-state index contributed by atoms with van der Waals surface area (Å²) >= 11 is 0. The third-order valence-corrected chi connectivity index (χ3v) is 5.72. The van der Waals surface area contributed by atoms with Crippen molar-refractivity contribution in [3.05, 3.63) is 29.1 Å². The highest BCUT2D eigenvalue weighted by Crippen LogP contribution is 2.34. The van der Waals surface area contributed by atoms with E-state index in [1.165, 1.54) is 16.4 Å². The van der Waals surface area contributed by atoms with Crippen molar-refractivity contribution in [1.82, 2.24) is 4.31 Å². The number of nitrogens with zero attached hydrogens (tertiary/aromatic N) is 1. The first kappa shape index (κ1) is 15.4. The molecule has 1 saturated carbocycles. The topological polar surface area (TPSA) is 46.6 Å². The molecule has 0 saturated heterocycles. The number of halogens is 1. The Kier molecular flexibility index (Phi) is 4.46. The van der Waals surface area contributed by atoms with Crippen LogP contribution in [0.5, 0.6) is 0 Å². The lowest BCUT2D eigenvalue weighted by Crippen LogP contribution is -2.36. The number of methoxy groups -OCH3 is 1. The summed E-state index contributed by atoms with van der Waals surface area (Å²) in [7, 11) is -2.05. The van der Waals surface area contributed by atoms with Crippen LogP contribution in [0.25, 0.3) is 0 Å². The van der Waals surface area contributed by atoms with Crippen molar-refractivity contribution < 1.29 is 17.5 Å². The predicted octanol–water partition coefficient (Wildman–Crippen LogP) is 2.24. The van der Waals surface area contributed by atoms with Crippen LogP contribution in [0.3, 0.4) is 0 Å². The van der Waals surface area contributed by atoms with Crippen LogP contribution in [0.2, 0.25) is 0 Å². The fraction of sp³-hybridized carbons (Fsp3) is 0.571. The number of aryl methyl sites for hydroxylation is 2. The van der Waals surface area contributed by atoms with Gasteiger partial charge in [-0.1, -0.05) is 0 Å². The van der Waals surface area contributed by atoms with Gasteiger partial charge in [-0.3, -0.25) is 0 Å². The molecule has 2 rings (SSSR count). The molecule has 1 aliphatic carbocycles. The molecule has 0 aromatic heterocycles. The number of sulfonamides is 1. The number of hydrogen-bond acceptors (Lipinski definition) is 3. The fourth-order valence-corrected chi connectivity index (χ4v) is 4.55. The third kappa shape index (κ3) is 3.02. The van der Waals surface area contributed by atoms with Crippen LogP contribution >= 0.6 is 0 Å². The molecule has 4 nitrogen and oxygen atoms in total. The summed E-state index contributed by atoms with van der Waals surface area (Å²) in [5, 5.41) is 0. The van der Waals surface area contributed by atoms with Gasteiger partial charge in [-0.15, -0.1) is 0 Å². The van der Waals surface area contributed by atoms with Gasteiger partial charge in [-0.2, -0.15) is 4.31 Å². The van der Waals surface area contributed by atoms with E-state index in [0.717, 1.165) is 12.8 Å². The second-order valence-electron chi connectivity index (χ2n) is 5.21. The second kappa shape index (κ2) is 5.79. The molecule has 0 bridgehead atoms. The lowest BCUT2D eigenvalue weighted by Gasteiger charge is -2.23. The molecular weight excluding hydrogens is 281 g/mol. The lowest BCUT2D eigenvalue weighted by atomic mass is 10.1. The van der Waals surface area contributed by atoms with Gasteiger partial charge in [-0.05, 0) is 49.9 Å². The van der Waals surface area contributed by atoms with E-state index in [2.05, 4.69) is 0 Å². The maximum absolute atomic E-state index is 13.3. The molecule has 0 atom stereocenters. The quantitative estimate of drug-likeness (QED) is 0.809. The van der Waals surface area contributed by atoms with Crippen molar-refractivity contribution in [2.45, 2.75) is 37.6 Å². The van der Waals surface area contributed by atoms with Gasteiger partial charge in [0, 0.05) is 19.7 Å². The zero-order valence-electron chi connectivity index (χ0n) is 12.0. The summed E-state index contributed by atoms with van der Waals surface area (Å²) < 4.78 is 45.5. The molecule has 0 unspecified atom stereocenters.